The Morgan fingerprint density at radius 1 is 1.09 bits per heavy atom. The van der Waals surface area contributed by atoms with Crippen LogP contribution in [0, 0.1) is 12.7 Å². The molecule has 35 heavy (non-hydrogen) atoms. The molecule has 1 aromatic heterocycles. The Kier molecular flexibility index (Phi) is 7.52. The molecule has 2 amide bonds. The van der Waals surface area contributed by atoms with Gasteiger partial charge in [-0.2, -0.15) is 5.10 Å². The van der Waals surface area contributed by atoms with Crippen molar-refractivity contribution in [1.29, 1.82) is 0 Å². The summed E-state index contributed by atoms with van der Waals surface area (Å²) >= 11 is 12.3. The summed E-state index contributed by atoms with van der Waals surface area (Å²) in [4.78, 5) is 27.1. The van der Waals surface area contributed by atoms with Crippen molar-refractivity contribution in [3.63, 3.8) is 0 Å². The first-order chi connectivity index (χ1) is 16.7. The zero-order valence-electron chi connectivity index (χ0n) is 19.1. The summed E-state index contributed by atoms with van der Waals surface area (Å²) in [7, 11) is 0. The van der Waals surface area contributed by atoms with Gasteiger partial charge in [0.2, 0.25) is 0 Å². The van der Waals surface area contributed by atoms with E-state index in [4.69, 9.17) is 27.9 Å². The number of halogens is 3. The Labute approximate surface area is 212 Å². The summed E-state index contributed by atoms with van der Waals surface area (Å²) in [6, 6.07) is 10.7. The van der Waals surface area contributed by atoms with Crippen LogP contribution >= 0.6 is 23.2 Å². The molecule has 4 rings (SSSR count). The largest absolute Gasteiger partial charge is 0.484 e. The van der Waals surface area contributed by atoms with Crippen molar-refractivity contribution in [3.05, 3.63) is 80.8 Å². The van der Waals surface area contributed by atoms with Crippen molar-refractivity contribution in [2.24, 2.45) is 0 Å². The van der Waals surface area contributed by atoms with E-state index in [1.54, 1.807) is 38.1 Å². The first-order valence-corrected chi connectivity index (χ1v) is 11.8. The maximum absolute atomic E-state index is 13.9. The highest BCUT2D eigenvalue weighted by molar-refractivity contribution is 6.36. The fraction of sp³-hybridized carbons (Fsp3) is 0.280. The van der Waals surface area contributed by atoms with Gasteiger partial charge in [0.25, 0.3) is 11.8 Å². The highest BCUT2D eigenvalue weighted by Crippen LogP contribution is 2.35. The van der Waals surface area contributed by atoms with E-state index in [2.05, 4.69) is 15.5 Å². The van der Waals surface area contributed by atoms with Gasteiger partial charge in [0, 0.05) is 41.0 Å². The van der Waals surface area contributed by atoms with Gasteiger partial charge in [-0.15, -0.1) is 5.10 Å². The SMILES string of the molecule is Cc1nnc(C(=O)Nc2ccc(C(=O)N3CCCC3)cc2)cc1OC(C)c1c(Cl)ccc(F)c1Cl. The Morgan fingerprint density at radius 2 is 1.77 bits per heavy atom. The Morgan fingerprint density at radius 3 is 2.46 bits per heavy atom. The molecule has 1 saturated heterocycles. The second-order valence-corrected chi connectivity index (χ2v) is 9.01. The normalized spacial score (nSPS) is 14.0. The number of carbonyl (C=O) groups is 2. The number of benzene rings is 2. The number of rotatable bonds is 6. The number of likely N-dealkylation sites (tertiary alicyclic amines) is 1. The van der Waals surface area contributed by atoms with E-state index in [0.29, 0.717) is 22.5 Å². The topological polar surface area (TPSA) is 84.4 Å². The van der Waals surface area contributed by atoms with Gasteiger partial charge in [-0.05, 0) is 63.1 Å². The molecule has 2 aromatic carbocycles. The Bertz CT molecular complexity index is 1260. The van der Waals surface area contributed by atoms with Crippen LogP contribution in [0.5, 0.6) is 5.75 Å². The molecule has 3 aromatic rings. The van der Waals surface area contributed by atoms with Crippen LogP contribution < -0.4 is 10.1 Å². The van der Waals surface area contributed by atoms with Crippen molar-refractivity contribution in [2.75, 3.05) is 18.4 Å². The molecular weight excluding hydrogens is 494 g/mol. The fourth-order valence-electron chi connectivity index (χ4n) is 3.82. The van der Waals surface area contributed by atoms with E-state index in [1.807, 2.05) is 4.90 Å². The number of nitrogens with zero attached hydrogens (tertiary/aromatic N) is 3. The second-order valence-electron chi connectivity index (χ2n) is 8.23. The standard InChI is InChI=1S/C25H23Cl2FN4O3/c1-14-21(35-15(2)22-18(26)9-10-19(28)23(22)27)13-20(31-30-14)24(33)29-17-7-5-16(6-8-17)25(34)32-11-3-4-12-32/h5-10,13,15H,3-4,11-12H2,1-2H3,(H,29,33). The minimum atomic E-state index is -0.717. The maximum Gasteiger partial charge on any atom is 0.276 e. The van der Waals surface area contributed by atoms with Crippen LogP contribution in [-0.4, -0.2) is 40.0 Å². The number of hydrogen-bond donors (Lipinski definition) is 1. The van der Waals surface area contributed by atoms with Crippen molar-refractivity contribution < 1.29 is 18.7 Å². The summed E-state index contributed by atoms with van der Waals surface area (Å²) in [5.41, 5.74) is 1.82. The molecule has 1 unspecified atom stereocenters. The molecule has 182 valence electrons. The lowest BCUT2D eigenvalue weighted by atomic mass is 10.1. The van der Waals surface area contributed by atoms with E-state index >= 15 is 0 Å². The van der Waals surface area contributed by atoms with Gasteiger partial charge >= 0.3 is 0 Å². The van der Waals surface area contributed by atoms with Crippen LogP contribution in [-0.2, 0) is 0 Å². The molecule has 1 N–H and O–H groups in total. The number of aromatic nitrogens is 2. The van der Waals surface area contributed by atoms with Gasteiger partial charge in [0.15, 0.2) is 5.69 Å². The number of hydrogen-bond acceptors (Lipinski definition) is 5. The van der Waals surface area contributed by atoms with E-state index in [-0.39, 0.29) is 27.4 Å². The Balaban J connectivity index is 1.47. The van der Waals surface area contributed by atoms with E-state index in [9.17, 15) is 14.0 Å². The number of nitrogens with one attached hydrogen (secondary N) is 1. The zero-order valence-corrected chi connectivity index (χ0v) is 20.7. The van der Waals surface area contributed by atoms with Gasteiger partial charge in [-0.3, -0.25) is 9.59 Å². The summed E-state index contributed by atoms with van der Waals surface area (Å²) in [6.45, 7) is 4.87. The predicted molar refractivity (Wildman–Crippen MR) is 132 cm³/mol. The smallest absolute Gasteiger partial charge is 0.276 e. The number of carbonyl (C=O) groups excluding carboxylic acids is 2. The van der Waals surface area contributed by atoms with E-state index < -0.39 is 17.8 Å². The fourth-order valence-corrected chi connectivity index (χ4v) is 4.50. The van der Waals surface area contributed by atoms with Crippen LogP contribution in [0.4, 0.5) is 10.1 Å². The average molecular weight is 517 g/mol. The van der Waals surface area contributed by atoms with Gasteiger partial charge in [-0.1, -0.05) is 23.2 Å². The third-order valence-corrected chi connectivity index (χ3v) is 6.45. The summed E-state index contributed by atoms with van der Waals surface area (Å²) in [6.07, 6.45) is 1.32. The highest BCUT2D eigenvalue weighted by atomic mass is 35.5. The third kappa shape index (κ3) is 5.55. The molecule has 0 saturated carbocycles. The molecule has 7 nitrogen and oxygen atoms in total. The Hall–Kier alpha value is -3.23. The summed E-state index contributed by atoms with van der Waals surface area (Å²) in [5.74, 6) is -0.852. The van der Waals surface area contributed by atoms with Crippen molar-refractivity contribution >= 4 is 40.7 Å². The molecule has 0 aliphatic carbocycles. The highest BCUT2D eigenvalue weighted by Gasteiger charge is 2.22. The molecule has 10 heteroatoms. The van der Waals surface area contributed by atoms with Gasteiger partial charge in [0.1, 0.15) is 23.4 Å². The lowest BCUT2D eigenvalue weighted by Gasteiger charge is -2.19. The zero-order chi connectivity index (χ0) is 25.1. The van der Waals surface area contributed by atoms with E-state index in [1.165, 1.54) is 18.2 Å². The first-order valence-electron chi connectivity index (χ1n) is 11.1. The molecule has 1 aliphatic heterocycles. The maximum atomic E-state index is 13.9. The number of amides is 2. The molecule has 1 atom stereocenters. The molecule has 0 radical (unpaired) electrons. The molecule has 2 heterocycles. The molecule has 0 bridgehead atoms. The quantitative estimate of drug-likeness (QED) is 0.414. The van der Waals surface area contributed by atoms with Crippen molar-refractivity contribution in [2.45, 2.75) is 32.8 Å². The lowest BCUT2D eigenvalue weighted by Crippen LogP contribution is -2.27. The van der Waals surface area contributed by atoms with Gasteiger partial charge in [-0.25, -0.2) is 4.39 Å². The predicted octanol–water partition coefficient (Wildman–Crippen LogP) is 5.86. The lowest BCUT2D eigenvalue weighted by molar-refractivity contribution is 0.0792. The average Bonchev–Trinajstić information content (AvgIpc) is 3.38. The molecule has 1 aliphatic rings. The molecule has 0 spiro atoms. The van der Waals surface area contributed by atoms with Crippen LogP contribution in [0.25, 0.3) is 0 Å². The van der Waals surface area contributed by atoms with Gasteiger partial charge in [0.05, 0.1) is 5.02 Å². The molecular formula is C25H23Cl2FN4O3. The minimum absolute atomic E-state index is 0.0146. The first kappa shape index (κ1) is 24.9. The monoisotopic (exact) mass is 516 g/mol. The third-order valence-electron chi connectivity index (χ3n) is 5.74. The van der Waals surface area contributed by atoms with Crippen LogP contribution in [0.1, 0.15) is 58.0 Å². The van der Waals surface area contributed by atoms with Crippen LogP contribution in [0.2, 0.25) is 10.0 Å². The summed E-state index contributed by atoms with van der Waals surface area (Å²) < 4.78 is 19.8. The number of ether oxygens (including phenoxy) is 1. The van der Waals surface area contributed by atoms with Gasteiger partial charge < -0.3 is 15.0 Å². The second kappa shape index (κ2) is 10.6. The van der Waals surface area contributed by atoms with Crippen molar-refractivity contribution in [3.8, 4) is 5.75 Å². The van der Waals surface area contributed by atoms with Crippen LogP contribution in [0.3, 0.4) is 0 Å². The minimum Gasteiger partial charge on any atom is -0.484 e. The molecule has 1 fully saturated rings. The van der Waals surface area contributed by atoms with Crippen molar-refractivity contribution in [1.82, 2.24) is 15.1 Å². The summed E-state index contributed by atoms with van der Waals surface area (Å²) in [5, 5.41) is 10.8. The number of anilines is 1. The number of aryl methyl sites for hydroxylation is 1. The van der Waals surface area contributed by atoms with E-state index in [0.717, 1.165) is 25.9 Å². The van der Waals surface area contributed by atoms with Crippen LogP contribution in [0.15, 0.2) is 42.5 Å².